The Bertz CT molecular complexity index is 1240. The summed E-state index contributed by atoms with van der Waals surface area (Å²) in [4.78, 5) is 36.9. The average molecular weight is 824 g/mol. The number of carbonyl (C=O) groups excluding carboxylic acids is 3. The third kappa shape index (κ3) is 39.7. The number of quaternary nitrogens is 1. The highest BCUT2D eigenvalue weighted by Gasteiger charge is 2.25. The topological polar surface area (TPSA) is 102 Å². The molecule has 2 unspecified atom stereocenters. The summed E-state index contributed by atoms with van der Waals surface area (Å²) in [5.41, 5.74) is 0. The molecular formula is C51H85NO7. The van der Waals surface area contributed by atoms with Gasteiger partial charge in [0.2, 0.25) is 0 Å². The summed E-state index contributed by atoms with van der Waals surface area (Å²) in [7, 11) is 5.38. The van der Waals surface area contributed by atoms with Crippen molar-refractivity contribution in [3.63, 3.8) is 0 Å². The van der Waals surface area contributed by atoms with Crippen LogP contribution in [0.2, 0.25) is 0 Å². The first-order chi connectivity index (χ1) is 28.6. The van der Waals surface area contributed by atoms with Crippen molar-refractivity contribution >= 4 is 17.9 Å². The molecule has 8 heteroatoms. The largest absolute Gasteiger partial charge is 0.544 e. The van der Waals surface area contributed by atoms with Crippen LogP contribution >= 0.6 is 0 Å². The standard InChI is InChI=1S/C51H85NO7/c1-6-8-10-12-14-16-18-20-22-24-25-26-28-30-32-34-36-38-40-42-50(54)59-47(45-57-44-43-48(51(55)56)52(3,4)5)46-58-49(53)41-39-37-35-33-31-29-27-23-21-19-17-15-13-11-9-7-2/h9,11,14-18,20-21,23,29,31,35,37,47-48H,6-8,10,12-13,19,22,24-28,30,32-34,36,38-46H2,1-5H3/b11-9+,16-14+,17-15+,20-18+,23-21+,31-29+,37-35+. The number of carboxylic acids is 1. The first-order valence-electron chi connectivity index (χ1n) is 23.1. The summed E-state index contributed by atoms with van der Waals surface area (Å²) in [5.74, 6) is -1.85. The number of unbranched alkanes of at least 4 members (excludes halogenated alkanes) is 13. The molecule has 0 aliphatic carbocycles. The monoisotopic (exact) mass is 824 g/mol. The quantitative estimate of drug-likeness (QED) is 0.0199. The molecule has 0 rings (SSSR count). The predicted octanol–water partition coefficient (Wildman–Crippen LogP) is 11.6. The van der Waals surface area contributed by atoms with Gasteiger partial charge in [0.15, 0.2) is 6.10 Å². The second kappa shape index (κ2) is 41.3. The van der Waals surface area contributed by atoms with Gasteiger partial charge in [-0.3, -0.25) is 9.59 Å². The zero-order chi connectivity index (χ0) is 43.5. The summed E-state index contributed by atoms with van der Waals surface area (Å²) < 4.78 is 17.1. The number of esters is 2. The van der Waals surface area contributed by atoms with Gasteiger partial charge in [-0.1, -0.05) is 163 Å². The average Bonchev–Trinajstić information content (AvgIpc) is 3.19. The van der Waals surface area contributed by atoms with Gasteiger partial charge in [0.05, 0.1) is 40.3 Å². The number of hydrogen-bond acceptors (Lipinski definition) is 7. The molecule has 0 aromatic heterocycles. The normalized spacial score (nSPS) is 13.7. The van der Waals surface area contributed by atoms with Crippen LogP contribution in [0.25, 0.3) is 0 Å². The van der Waals surface area contributed by atoms with Crippen LogP contribution in [0.3, 0.4) is 0 Å². The molecule has 0 aliphatic heterocycles. The Morgan fingerprint density at radius 1 is 0.542 bits per heavy atom. The Kier molecular flexibility index (Phi) is 38.8. The van der Waals surface area contributed by atoms with Gasteiger partial charge in [0.1, 0.15) is 12.6 Å². The molecule has 336 valence electrons. The van der Waals surface area contributed by atoms with Crippen molar-refractivity contribution in [3.8, 4) is 0 Å². The molecule has 0 aromatic carbocycles. The fraction of sp³-hybridized carbons (Fsp3) is 0.667. The Morgan fingerprint density at radius 2 is 1.03 bits per heavy atom. The van der Waals surface area contributed by atoms with E-state index in [4.69, 9.17) is 14.2 Å². The summed E-state index contributed by atoms with van der Waals surface area (Å²) in [6, 6.07) is -0.741. The molecular weight excluding hydrogens is 739 g/mol. The number of rotatable bonds is 40. The summed E-state index contributed by atoms with van der Waals surface area (Å²) in [5, 5.41) is 11.6. The number of nitrogens with zero attached hydrogens (tertiary/aromatic N) is 1. The first kappa shape index (κ1) is 55.5. The SMILES string of the molecule is CC/C=C/C/C=C/C/C=C/C/C=C/C/C=C/CCC(=O)OCC(COCCC(C(=O)[O-])[N+](C)(C)C)OC(=O)CCCCCCCCCCCC/C=C/C=C/CCCCC. The lowest BCUT2D eigenvalue weighted by Gasteiger charge is -2.34. The Labute approximate surface area is 361 Å². The lowest BCUT2D eigenvalue weighted by atomic mass is 10.1. The third-order valence-corrected chi connectivity index (χ3v) is 9.81. The third-order valence-electron chi connectivity index (χ3n) is 9.81. The Hall–Kier alpha value is -3.49. The molecule has 59 heavy (non-hydrogen) atoms. The lowest BCUT2D eigenvalue weighted by Crippen LogP contribution is -2.55. The molecule has 0 aliphatic rings. The zero-order valence-electron chi connectivity index (χ0n) is 38.1. The number of allylic oxidation sites excluding steroid dienone is 14. The fourth-order valence-corrected chi connectivity index (χ4v) is 6.23. The summed E-state index contributed by atoms with van der Waals surface area (Å²) >= 11 is 0. The maximum Gasteiger partial charge on any atom is 0.306 e. The molecule has 0 heterocycles. The van der Waals surface area contributed by atoms with E-state index in [1.807, 2.05) is 12.2 Å². The maximum atomic E-state index is 12.7. The van der Waals surface area contributed by atoms with Crippen LogP contribution in [0.15, 0.2) is 85.1 Å². The summed E-state index contributed by atoms with van der Waals surface area (Å²) in [6.07, 6.45) is 53.3. The van der Waals surface area contributed by atoms with E-state index in [0.29, 0.717) is 12.8 Å². The fourth-order valence-electron chi connectivity index (χ4n) is 6.23. The van der Waals surface area contributed by atoms with Gasteiger partial charge in [-0.15, -0.1) is 0 Å². The predicted molar refractivity (Wildman–Crippen MR) is 245 cm³/mol. The highest BCUT2D eigenvalue weighted by molar-refractivity contribution is 5.70. The number of aliphatic carboxylic acids is 1. The number of carbonyl (C=O) groups is 3. The van der Waals surface area contributed by atoms with Gasteiger partial charge in [0.25, 0.3) is 0 Å². The first-order valence-corrected chi connectivity index (χ1v) is 23.1. The van der Waals surface area contributed by atoms with Crippen molar-refractivity contribution in [1.29, 1.82) is 0 Å². The van der Waals surface area contributed by atoms with Crippen LogP contribution in [0.4, 0.5) is 0 Å². The number of ether oxygens (including phenoxy) is 3. The number of hydrogen-bond donors (Lipinski definition) is 0. The van der Waals surface area contributed by atoms with Gasteiger partial charge < -0.3 is 28.6 Å². The van der Waals surface area contributed by atoms with Crippen molar-refractivity contribution in [2.45, 2.75) is 180 Å². The maximum absolute atomic E-state index is 12.7. The van der Waals surface area contributed by atoms with Crippen molar-refractivity contribution in [3.05, 3.63) is 85.1 Å². The van der Waals surface area contributed by atoms with Crippen LogP contribution in [-0.4, -0.2) is 75.5 Å². The van der Waals surface area contributed by atoms with E-state index in [-0.39, 0.29) is 49.1 Å². The molecule has 0 saturated heterocycles. The molecule has 0 N–H and O–H groups in total. The van der Waals surface area contributed by atoms with E-state index in [0.717, 1.165) is 57.8 Å². The minimum atomic E-state index is -1.14. The van der Waals surface area contributed by atoms with Gasteiger partial charge in [-0.2, -0.15) is 0 Å². The second-order valence-electron chi connectivity index (χ2n) is 16.3. The van der Waals surface area contributed by atoms with Gasteiger partial charge in [0, 0.05) is 19.3 Å². The van der Waals surface area contributed by atoms with E-state index in [9.17, 15) is 19.5 Å². The van der Waals surface area contributed by atoms with Crippen LogP contribution in [0.1, 0.15) is 168 Å². The zero-order valence-corrected chi connectivity index (χ0v) is 38.1. The smallest absolute Gasteiger partial charge is 0.306 e. The van der Waals surface area contributed by atoms with Crippen molar-refractivity contribution < 1.29 is 38.2 Å². The lowest BCUT2D eigenvalue weighted by molar-refractivity contribution is -0.889. The molecule has 2 atom stereocenters. The molecule has 0 spiro atoms. The van der Waals surface area contributed by atoms with E-state index in [1.54, 1.807) is 21.1 Å². The van der Waals surface area contributed by atoms with Crippen molar-refractivity contribution in [2.75, 3.05) is 41.0 Å². The molecule has 0 aromatic rings. The van der Waals surface area contributed by atoms with Crippen LogP contribution in [0, 0.1) is 0 Å². The Balaban J connectivity index is 4.42. The summed E-state index contributed by atoms with van der Waals surface area (Å²) in [6.45, 7) is 4.43. The minimum absolute atomic E-state index is 0.0118. The number of carboxylic acid groups (broad SMARTS) is 1. The second-order valence-corrected chi connectivity index (χ2v) is 16.3. The molecule has 0 bridgehead atoms. The minimum Gasteiger partial charge on any atom is -0.544 e. The van der Waals surface area contributed by atoms with E-state index in [1.165, 1.54) is 70.6 Å². The van der Waals surface area contributed by atoms with Gasteiger partial charge in [-0.25, -0.2) is 0 Å². The molecule has 0 amide bonds. The van der Waals surface area contributed by atoms with Gasteiger partial charge >= 0.3 is 11.9 Å². The van der Waals surface area contributed by atoms with Crippen LogP contribution < -0.4 is 5.11 Å². The van der Waals surface area contributed by atoms with Gasteiger partial charge in [-0.05, 0) is 70.6 Å². The Morgan fingerprint density at radius 3 is 1.54 bits per heavy atom. The molecule has 8 nitrogen and oxygen atoms in total. The van der Waals surface area contributed by atoms with Crippen molar-refractivity contribution in [1.82, 2.24) is 0 Å². The van der Waals surface area contributed by atoms with Crippen molar-refractivity contribution in [2.24, 2.45) is 0 Å². The van der Waals surface area contributed by atoms with E-state index in [2.05, 4.69) is 86.8 Å². The highest BCUT2D eigenvalue weighted by atomic mass is 16.6. The highest BCUT2D eigenvalue weighted by Crippen LogP contribution is 2.14. The van der Waals surface area contributed by atoms with E-state index >= 15 is 0 Å². The van der Waals surface area contributed by atoms with Crippen LogP contribution in [0.5, 0.6) is 0 Å². The number of likely N-dealkylation sites (N-methyl/N-ethyl adjacent to an activating group) is 1. The molecule has 0 saturated carbocycles. The van der Waals surface area contributed by atoms with Crippen LogP contribution in [-0.2, 0) is 28.6 Å². The molecule has 0 radical (unpaired) electrons. The van der Waals surface area contributed by atoms with E-state index < -0.39 is 18.1 Å². The molecule has 0 fully saturated rings.